The van der Waals surface area contributed by atoms with E-state index >= 15 is 0 Å². The number of fused-ring (bicyclic) bond motifs is 1. The molecule has 0 N–H and O–H groups in total. The number of non-ortho nitro benzene ring substituents is 1. The molecule has 0 aliphatic heterocycles. The Labute approximate surface area is 177 Å². The Bertz CT molecular complexity index is 1370. The van der Waals surface area contributed by atoms with Crippen LogP contribution in [-0.4, -0.2) is 24.8 Å². The maximum Gasteiger partial charge on any atom is 0.271 e. The summed E-state index contributed by atoms with van der Waals surface area (Å²) < 4.78 is 3.31. The van der Waals surface area contributed by atoms with Crippen molar-refractivity contribution in [3.05, 3.63) is 104 Å². The average Bonchev–Trinajstić information content (AvgIpc) is 3.04. The Balaban J connectivity index is 1.63. The second-order valence-electron chi connectivity index (χ2n) is 7.42. The molecule has 0 saturated heterocycles. The second kappa shape index (κ2) is 7.98. The van der Waals surface area contributed by atoms with Gasteiger partial charge in [0.15, 0.2) is 5.78 Å². The van der Waals surface area contributed by atoms with Gasteiger partial charge in [0, 0.05) is 35.6 Å². The van der Waals surface area contributed by atoms with Crippen LogP contribution in [0.2, 0.25) is 0 Å². The van der Waals surface area contributed by atoms with E-state index < -0.39 is 10.5 Å². The van der Waals surface area contributed by atoms with Gasteiger partial charge in [-0.05, 0) is 31.5 Å². The number of ketones is 1. The monoisotopic (exact) mass is 416 g/mol. The van der Waals surface area contributed by atoms with Gasteiger partial charge in [-0.15, -0.1) is 0 Å². The zero-order valence-electron chi connectivity index (χ0n) is 17.1. The minimum Gasteiger partial charge on any atom is -0.344 e. The molecule has 0 bridgehead atoms. The third kappa shape index (κ3) is 3.87. The van der Waals surface area contributed by atoms with Crippen LogP contribution < -0.4 is 5.56 Å². The summed E-state index contributed by atoms with van der Waals surface area (Å²) in [7, 11) is 0. The van der Waals surface area contributed by atoms with E-state index in [2.05, 4.69) is 9.55 Å². The molecule has 31 heavy (non-hydrogen) atoms. The first-order valence-electron chi connectivity index (χ1n) is 9.72. The predicted octanol–water partition coefficient (Wildman–Crippen LogP) is 3.65. The van der Waals surface area contributed by atoms with Crippen molar-refractivity contribution in [2.75, 3.05) is 0 Å². The molecular formula is C23H20N4O4. The van der Waals surface area contributed by atoms with Crippen molar-refractivity contribution < 1.29 is 9.72 Å². The van der Waals surface area contributed by atoms with Gasteiger partial charge >= 0.3 is 0 Å². The molecule has 0 aliphatic rings. The van der Waals surface area contributed by atoms with Crippen LogP contribution in [0.15, 0.2) is 65.7 Å². The Hall–Kier alpha value is -4.07. The van der Waals surface area contributed by atoms with Crippen LogP contribution in [0.25, 0.3) is 10.9 Å². The summed E-state index contributed by atoms with van der Waals surface area (Å²) in [5, 5.41) is 11.2. The van der Waals surface area contributed by atoms with E-state index in [1.807, 2.05) is 50.2 Å². The van der Waals surface area contributed by atoms with Crippen molar-refractivity contribution in [1.29, 1.82) is 0 Å². The Morgan fingerprint density at radius 3 is 2.55 bits per heavy atom. The summed E-state index contributed by atoms with van der Waals surface area (Å²) in [4.78, 5) is 40.3. The molecule has 8 nitrogen and oxygen atoms in total. The summed E-state index contributed by atoms with van der Waals surface area (Å²) in [5.41, 5.74) is 3.16. The highest BCUT2D eigenvalue weighted by atomic mass is 16.6. The molecule has 4 rings (SSSR count). The maximum absolute atomic E-state index is 13.0. The third-order valence-electron chi connectivity index (χ3n) is 5.39. The normalized spacial score (nSPS) is 11.0. The minimum atomic E-state index is -0.540. The smallest absolute Gasteiger partial charge is 0.271 e. The Kier molecular flexibility index (Phi) is 5.21. The number of hydrogen-bond acceptors (Lipinski definition) is 5. The lowest BCUT2D eigenvalue weighted by Gasteiger charge is -2.10. The van der Waals surface area contributed by atoms with Crippen molar-refractivity contribution in [2.45, 2.75) is 26.9 Å². The van der Waals surface area contributed by atoms with Gasteiger partial charge in [-0.3, -0.25) is 24.3 Å². The molecule has 0 aliphatic carbocycles. The highest BCUT2D eigenvalue weighted by Crippen LogP contribution is 2.19. The van der Waals surface area contributed by atoms with E-state index in [9.17, 15) is 19.7 Å². The first-order chi connectivity index (χ1) is 14.8. The number of nitrogens with zero attached hydrogens (tertiary/aromatic N) is 4. The molecule has 156 valence electrons. The summed E-state index contributed by atoms with van der Waals surface area (Å²) >= 11 is 0. The molecule has 0 amide bonds. The number of Topliss-reactive ketones (excluding diaryl/α,β-unsaturated/α-hetero) is 1. The number of benzene rings is 2. The van der Waals surface area contributed by atoms with E-state index in [1.165, 1.54) is 29.1 Å². The molecule has 0 fully saturated rings. The van der Waals surface area contributed by atoms with E-state index in [0.717, 1.165) is 17.0 Å². The lowest BCUT2D eigenvalue weighted by molar-refractivity contribution is -0.384. The van der Waals surface area contributed by atoms with Gasteiger partial charge in [0.1, 0.15) is 0 Å². The minimum absolute atomic E-state index is 0.140. The lowest BCUT2D eigenvalue weighted by atomic mass is 10.1. The number of hydrogen-bond donors (Lipinski definition) is 0. The zero-order chi connectivity index (χ0) is 22.1. The van der Waals surface area contributed by atoms with Crippen molar-refractivity contribution in [3.63, 3.8) is 0 Å². The second-order valence-corrected chi connectivity index (χ2v) is 7.42. The first kappa shape index (κ1) is 20.2. The molecule has 0 unspecified atom stereocenters. The standard InChI is InChI=1S/C23H20N4O4/c1-15-10-20(16(2)26(15)12-17-6-4-3-5-7-17)22(28)13-25-14-24-21-11-18(27(30)31)8-9-19(21)23(25)29/h3-11,14H,12-13H2,1-2H3. The highest BCUT2D eigenvalue weighted by molar-refractivity contribution is 5.97. The largest absolute Gasteiger partial charge is 0.344 e. The van der Waals surface area contributed by atoms with E-state index in [0.29, 0.717) is 12.1 Å². The summed E-state index contributed by atoms with van der Waals surface area (Å²) in [6.07, 6.45) is 1.26. The number of aryl methyl sites for hydroxylation is 1. The summed E-state index contributed by atoms with van der Waals surface area (Å²) in [6, 6.07) is 15.7. The maximum atomic E-state index is 13.0. The fourth-order valence-corrected chi connectivity index (χ4v) is 3.71. The average molecular weight is 416 g/mol. The van der Waals surface area contributed by atoms with Gasteiger partial charge in [-0.1, -0.05) is 30.3 Å². The fourth-order valence-electron chi connectivity index (χ4n) is 3.71. The molecule has 0 saturated carbocycles. The van der Waals surface area contributed by atoms with Crippen molar-refractivity contribution in [3.8, 4) is 0 Å². The fraction of sp³-hybridized carbons (Fsp3) is 0.174. The van der Waals surface area contributed by atoms with E-state index in [-0.39, 0.29) is 28.9 Å². The summed E-state index contributed by atoms with van der Waals surface area (Å²) in [5.74, 6) is -0.197. The topological polar surface area (TPSA) is 100 Å². The number of aromatic nitrogens is 3. The molecule has 2 heterocycles. The number of rotatable bonds is 6. The molecule has 0 spiro atoms. The number of nitro benzene ring substituents is 1. The quantitative estimate of drug-likeness (QED) is 0.271. The Morgan fingerprint density at radius 2 is 1.84 bits per heavy atom. The molecule has 0 radical (unpaired) electrons. The third-order valence-corrected chi connectivity index (χ3v) is 5.39. The van der Waals surface area contributed by atoms with Crippen molar-refractivity contribution in [2.24, 2.45) is 0 Å². The predicted molar refractivity (Wildman–Crippen MR) is 116 cm³/mol. The van der Waals surface area contributed by atoms with Crippen LogP contribution in [-0.2, 0) is 13.1 Å². The first-order valence-corrected chi connectivity index (χ1v) is 9.72. The van der Waals surface area contributed by atoms with Gasteiger partial charge in [0.25, 0.3) is 11.2 Å². The number of carbonyl (C=O) groups is 1. The molecular weight excluding hydrogens is 396 g/mol. The zero-order valence-corrected chi connectivity index (χ0v) is 17.1. The number of carbonyl (C=O) groups excluding carboxylic acids is 1. The number of nitro groups is 1. The van der Waals surface area contributed by atoms with Crippen LogP contribution in [0.5, 0.6) is 0 Å². The van der Waals surface area contributed by atoms with E-state index in [4.69, 9.17) is 0 Å². The van der Waals surface area contributed by atoms with Gasteiger partial charge in [0.05, 0.1) is 28.7 Å². The van der Waals surface area contributed by atoms with Gasteiger partial charge < -0.3 is 4.57 Å². The SMILES string of the molecule is Cc1cc(C(=O)Cn2cnc3cc([N+](=O)[O-])ccc3c2=O)c(C)n1Cc1ccccc1. The van der Waals surface area contributed by atoms with Crippen LogP contribution in [0.4, 0.5) is 5.69 Å². The highest BCUT2D eigenvalue weighted by Gasteiger charge is 2.18. The lowest BCUT2D eigenvalue weighted by Crippen LogP contribution is -2.25. The van der Waals surface area contributed by atoms with Crippen LogP contribution in [0.3, 0.4) is 0 Å². The van der Waals surface area contributed by atoms with Gasteiger partial charge in [-0.25, -0.2) is 4.98 Å². The van der Waals surface area contributed by atoms with Crippen LogP contribution in [0.1, 0.15) is 27.3 Å². The molecule has 8 heteroatoms. The van der Waals surface area contributed by atoms with E-state index in [1.54, 1.807) is 0 Å². The molecule has 2 aromatic heterocycles. The van der Waals surface area contributed by atoms with Crippen molar-refractivity contribution >= 4 is 22.4 Å². The van der Waals surface area contributed by atoms with Gasteiger partial charge in [0.2, 0.25) is 0 Å². The summed E-state index contributed by atoms with van der Waals surface area (Å²) in [6.45, 7) is 4.34. The van der Waals surface area contributed by atoms with Gasteiger partial charge in [-0.2, -0.15) is 0 Å². The molecule has 4 aromatic rings. The molecule has 0 atom stereocenters. The Morgan fingerprint density at radius 1 is 1.10 bits per heavy atom. The molecule has 2 aromatic carbocycles. The van der Waals surface area contributed by atoms with Crippen molar-refractivity contribution in [1.82, 2.24) is 14.1 Å². The van der Waals surface area contributed by atoms with Crippen LogP contribution >= 0.6 is 0 Å². The van der Waals surface area contributed by atoms with Crippen LogP contribution in [0, 0.1) is 24.0 Å².